The largest absolute Gasteiger partial charge is 0.369 e. The van der Waals surface area contributed by atoms with Crippen LogP contribution in [0.15, 0.2) is 0 Å². The lowest BCUT2D eigenvalue weighted by Gasteiger charge is -2.33. The highest BCUT2D eigenvalue weighted by Crippen LogP contribution is 2.36. The van der Waals surface area contributed by atoms with Crippen molar-refractivity contribution in [3.63, 3.8) is 0 Å². The van der Waals surface area contributed by atoms with Gasteiger partial charge < -0.3 is 5.73 Å². The molecular formula is C10H17NO2. The lowest BCUT2D eigenvalue weighted by Crippen LogP contribution is -2.40. The molecule has 74 valence electrons. The number of primary amides is 1. The van der Waals surface area contributed by atoms with E-state index in [1.807, 2.05) is 13.8 Å². The van der Waals surface area contributed by atoms with Crippen LogP contribution >= 0.6 is 0 Å². The summed E-state index contributed by atoms with van der Waals surface area (Å²) in [6, 6.07) is 0. The van der Waals surface area contributed by atoms with Crippen molar-refractivity contribution >= 4 is 11.7 Å². The van der Waals surface area contributed by atoms with E-state index in [2.05, 4.69) is 0 Å². The molecular weight excluding hydrogens is 166 g/mol. The van der Waals surface area contributed by atoms with Gasteiger partial charge in [-0.05, 0) is 18.8 Å². The number of carbonyl (C=O) groups excluding carboxylic acids is 2. The van der Waals surface area contributed by atoms with Gasteiger partial charge in [0.25, 0.3) is 0 Å². The quantitative estimate of drug-likeness (QED) is 0.700. The number of amides is 1. The lowest BCUT2D eigenvalue weighted by atomic mass is 9.70. The summed E-state index contributed by atoms with van der Waals surface area (Å²) in [4.78, 5) is 22.1. The Morgan fingerprint density at radius 1 is 1.38 bits per heavy atom. The Morgan fingerprint density at radius 2 is 1.85 bits per heavy atom. The molecule has 1 amide bonds. The molecule has 0 aliphatic heterocycles. The fraction of sp³-hybridized carbons (Fsp3) is 0.800. The first-order valence-electron chi connectivity index (χ1n) is 4.76. The van der Waals surface area contributed by atoms with Crippen molar-refractivity contribution in [2.75, 3.05) is 0 Å². The maximum absolute atomic E-state index is 11.1. The fourth-order valence-electron chi connectivity index (χ4n) is 1.86. The molecule has 0 radical (unpaired) electrons. The molecule has 0 aromatic carbocycles. The molecule has 0 atom stereocenters. The average molecular weight is 183 g/mol. The van der Waals surface area contributed by atoms with E-state index in [1.54, 1.807) is 0 Å². The standard InChI is InChI=1S/C10H17NO2/c1-10(2,9(11)13)7-3-5-8(12)6-4-7/h7H,3-6H2,1-2H3,(H2,11,13). The summed E-state index contributed by atoms with van der Waals surface area (Å²) < 4.78 is 0. The maximum Gasteiger partial charge on any atom is 0.223 e. The van der Waals surface area contributed by atoms with Crippen LogP contribution in [0, 0.1) is 11.3 Å². The van der Waals surface area contributed by atoms with Gasteiger partial charge in [0.05, 0.1) is 0 Å². The van der Waals surface area contributed by atoms with Crippen molar-refractivity contribution in [2.24, 2.45) is 17.1 Å². The topological polar surface area (TPSA) is 60.2 Å². The van der Waals surface area contributed by atoms with Crippen molar-refractivity contribution in [1.82, 2.24) is 0 Å². The smallest absolute Gasteiger partial charge is 0.223 e. The molecule has 3 heteroatoms. The van der Waals surface area contributed by atoms with Gasteiger partial charge in [0.2, 0.25) is 5.91 Å². The summed E-state index contributed by atoms with van der Waals surface area (Å²) in [5.41, 5.74) is 4.85. The summed E-state index contributed by atoms with van der Waals surface area (Å²) >= 11 is 0. The van der Waals surface area contributed by atoms with E-state index >= 15 is 0 Å². The Balaban J connectivity index is 2.62. The predicted molar refractivity (Wildman–Crippen MR) is 49.9 cm³/mol. The molecule has 0 unspecified atom stereocenters. The van der Waals surface area contributed by atoms with Crippen LogP contribution in [0.3, 0.4) is 0 Å². The molecule has 1 fully saturated rings. The van der Waals surface area contributed by atoms with Gasteiger partial charge in [0.1, 0.15) is 5.78 Å². The molecule has 13 heavy (non-hydrogen) atoms. The Morgan fingerprint density at radius 3 is 2.23 bits per heavy atom. The normalized spacial score (nSPS) is 20.3. The molecule has 1 rings (SSSR count). The third kappa shape index (κ3) is 2.08. The molecule has 0 bridgehead atoms. The number of nitrogens with two attached hydrogens (primary N) is 1. The SMILES string of the molecule is CC(C)(C(N)=O)C1CCC(=O)CC1. The van der Waals surface area contributed by atoms with Crippen LogP contribution in [0.1, 0.15) is 39.5 Å². The van der Waals surface area contributed by atoms with Crippen molar-refractivity contribution in [3.05, 3.63) is 0 Å². The average Bonchev–Trinajstić information content (AvgIpc) is 2.04. The second-order valence-electron chi connectivity index (χ2n) is 4.40. The molecule has 0 spiro atoms. The van der Waals surface area contributed by atoms with Crippen LogP contribution in [0.4, 0.5) is 0 Å². The predicted octanol–water partition coefficient (Wildman–Crippen LogP) is 1.26. The van der Waals surface area contributed by atoms with E-state index in [4.69, 9.17) is 5.73 Å². The Labute approximate surface area is 78.7 Å². The molecule has 1 aliphatic carbocycles. The number of hydrogen-bond donors (Lipinski definition) is 1. The highest BCUT2D eigenvalue weighted by atomic mass is 16.1. The van der Waals surface area contributed by atoms with E-state index in [9.17, 15) is 9.59 Å². The van der Waals surface area contributed by atoms with E-state index in [1.165, 1.54) is 0 Å². The Kier molecular flexibility index (Phi) is 2.74. The molecule has 2 N–H and O–H groups in total. The van der Waals surface area contributed by atoms with Crippen LogP contribution in [0.2, 0.25) is 0 Å². The van der Waals surface area contributed by atoms with Gasteiger partial charge in [-0.2, -0.15) is 0 Å². The fourth-order valence-corrected chi connectivity index (χ4v) is 1.86. The zero-order chi connectivity index (χ0) is 10.1. The summed E-state index contributed by atoms with van der Waals surface area (Å²) in [5, 5.41) is 0. The molecule has 0 saturated heterocycles. The van der Waals surface area contributed by atoms with Crippen molar-refractivity contribution in [2.45, 2.75) is 39.5 Å². The summed E-state index contributed by atoms with van der Waals surface area (Å²) in [6.07, 6.45) is 2.85. The summed E-state index contributed by atoms with van der Waals surface area (Å²) in [6.45, 7) is 3.74. The summed E-state index contributed by atoms with van der Waals surface area (Å²) in [5.74, 6) is 0.339. The molecule has 1 aliphatic rings. The van der Waals surface area contributed by atoms with Gasteiger partial charge in [-0.25, -0.2) is 0 Å². The van der Waals surface area contributed by atoms with Crippen LogP contribution in [0.25, 0.3) is 0 Å². The highest BCUT2D eigenvalue weighted by molar-refractivity contribution is 5.82. The Bertz CT molecular complexity index is 223. The first-order valence-corrected chi connectivity index (χ1v) is 4.76. The van der Waals surface area contributed by atoms with Gasteiger partial charge in [0.15, 0.2) is 0 Å². The zero-order valence-corrected chi connectivity index (χ0v) is 8.30. The van der Waals surface area contributed by atoms with E-state index in [-0.39, 0.29) is 11.8 Å². The third-order valence-corrected chi connectivity index (χ3v) is 3.20. The number of ketones is 1. The second kappa shape index (κ2) is 3.48. The lowest BCUT2D eigenvalue weighted by molar-refractivity contribution is -0.132. The van der Waals surface area contributed by atoms with Crippen LogP contribution in [-0.2, 0) is 9.59 Å². The van der Waals surface area contributed by atoms with Gasteiger partial charge >= 0.3 is 0 Å². The van der Waals surface area contributed by atoms with Crippen molar-refractivity contribution in [1.29, 1.82) is 0 Å². The molecule has 0 aromatic rings. The number of hydrogen-bond acceptors (Lipinski definition) is 2. The molecule has 0 heterocycles. The molecule has 0 aromatic heterocycles. The minimum atomic E-state index is -0.458. The number of Topliss-reactive ketones (excluding diaryl/α,β-unsaturated/α-hetero) is 1. The number of carbonyl (C=O) groups is 2. The minimum absolute atomic E-state index is 0.258. The zero-order valence-electron chi connectivity index (χ0n) is 8.30. The maximum atomic E-state index is 11.1. The van der Waals surface area contributed by atoms with Crippen molar-refractivity contribution in [3.8, 4) is 0 Å². The minimum Gasteiger partial charge on any atom is -0.369 e. The van der Waals surface area contributed by atoms with E-state index < -0.39 is 5.41 Å². The highest BCUT2D eigenvalue weighted by Gasteiger charge is 2.36. The molecule has 3 nitrogen and oxygen atoms in total. The van der Waals surface area contributed by atoms with Gasteiger partial charge in [0, 0.05) is 18.3 Å². The van der Waals surface area contributed by atoms with Gasteiger partial charge in [-0.15, -0.1) is 0 Å². The van der Waals surface area contributed by atoms with Gasteiger partial charge in [-0.3, -0.25) is 9.59 Å². The summed E-state index contributed by atoms with van der Waals surface area (Å²) in [7, 11) is 0. The second-order valence-corrected chi connectivity index (χ2v) is 4.40. The van der Waals surface area contributed by atoms with Crippen LogP contribution < -0.4 is 5.73 Å². The van der Waals surface area contributed by atoms with Crippen molar-refractivity contribution < 1.29 is 9.59 Å². The van der Waals surface area contributed by atoms with Crippen LogP contribution in [0.5, 0.6) is 0 Å². The third-order valence-electron chi connectivity index (χ3n) is 3.20. The first-order chi connectivity index (χ1) is 5.94. The number of rotatable bonds is 2. The molecule has 1 saturated carbocycles. The monoisotopic (exact) mass is 183 g/mol. The van der Waals surface area contributed by atoms with E-state index in [0.29, 0.717) is 18.6 Å². The Hall–Kier alpha value is -0.860. The van der Waals surface area contributed by atoms with E-state index in [0.717, 1.165) is 12.8 Å². The van der Waals surface area contributed by atoms with Crippen LogP contribution in [-0.4, -0.2) is 11.7 Å². The van der Waals surface area contributed by atoms with Gasteiger partial charge in [-0.1, -0.05) is 13.8 Å². The first kappa shape index (κ1) is 10.2.